The van der Waals surface area contributed by atoms with Gasteiger partial charge in [0.05, 0.1) is 16.1 Å². The Kier molecular flexibility index (Phi) is 5.58. The first-order chi connectivity index (χ1) is 14.6. The van der Waals surface area contributed by atoms with Gasteiger partial charge in [-0.1, -0.05) is 71.8 Å². The predicted molar refractivity (Wildman–Crippen MR) is 130 cm³/mol. The molecule has 3 aromatic carbocycles. The van der Waals surface area contributed by atoms with Crippen molar-refractivity contribution in [3.8, 4) is 0 Å². The summed E-state index contributed by atoms with van der Waals surface area (Å²) in [6, 6.07) is 21.6. The summed E-state index contributed by atoms with van der Waals surface area (Å²) in [4.78, 5) is 1.31. The predicted octanol–water partition coefficient (Wildman–Crippen LogP) is 8.42. The van der Waals surface area contributed by atoms with E-state index >= 15 is 0 Å². The summed E-state index contributed by atoms with van der Waals surface area (Å²) in [5, 5.41) is 5.08. The Balaban J connectivity index is 1.47. The molecule has 1 heterocycles. The molecule has 5 rings (SSSR count). The van der Waals surface area contributed by atoms with Crippen LogP contribution in [-0.2, 0) is 5.75 Å². The average Bonchev–Trinajstić information content (AvgIpc) is 3.25. The Hall–Kier alpha value is -1.87. The zero-order chi connectivity index (χ0) is 20.7. The normalized spacial score (nSPS) is 21.8. The Labute approximate surface area is 192 Å². The van der Waals surface area contributed by atoms with Crippen LogP contribution in [0.15, 0.2) is 77.7 Å². The summed E-state index contributed by atoms with van der Waals surface area (Å²) < 4.78 is 0. The van der Waals surface area contributed by atoms with Gasteiger partial charge in [-0.3, -0.25) is 0 Å². The van der Waals surface area contributed by atoms with Crippen molar-refractivity contribution in [1.82, 2.24) is 0 Å². The van der Waals surface area contributed by atoms with Crippen molar-refractivity contribution in [3.63, 3.8) is 0 Å². The van der Waals surface area contributed by atoms with Crippen molar-refractivity contribution in [2.24, 2.45) is 5.92 Å². The molecule has 0 bridgehead atoms. The topological polar surface area (TPSA) is 12.0 Å². The maximum atomic E-state index is 6.34. The molecule has 3 atom stereocenters. The number of fused-ring (bicyclic) bond motifs is 3. The lowest BCUT2D eigenvalue weighted by atomic mass is 9.76. The maximum absolute atomic E-state index is 6.34. The van der Waals surface area contributed by atoms with E-state index in [0.29, 0.717) is 21.9 Å². The third kappa shape index (κ3) is 3.77. The van der Waals surface area contributed by atoms with E-state index < -0.39 is 0 Å². The molecule has 1 aliphatic heterocycles. The molecule has 0 fully saturated rings. The molecule has 0 saturated heterocycles. The van der Waals surface area contributed by atoms with Crippen LogP contribution in [0.1, 0.15) is 40.6 Å². The van der Waals surface area contributed by atoms with E-state index in [2.05, 4.69) is 72.9 Å². The van der Waals surface area contributed by atoms with E-state index in [0.717, 1.165) is 12.2 Å². The molecule has 3 aromatic rings. The molecule has 0 aromatic heterocycles. The zero-order valence-electron chi connectivity index (χ0n) is 16.7. The maximum Gasteiger partial charge on any atom is 0.0595 e. The minimum Gasteiger partial charge on any atom is -0.377 e. The van der Waals surface area contributed by atoms with E-state index in [4.69, 9.17) is 23.2 Å². The number of allylic oxidation sites excluding steroid dienone is 2. The summed E-state index contributed by atoms with van der Waals surface area (Å²) in [5.41, 5.74) is 6.59. The summed E-state index contributed by atoms with van der Waals surface area (Å²) >= 11 is 14.4. The standard InChI is InChI=1S/C26H23Cl2NS/c1-16-12-17(15-30-19-6-3-2-4-7-19)13-22-20-8-5-9-21(20)26(29-25(16)22)18-10-11-23(27)24(28)14-18/h2-8,10-14,20-21,26,29H,9,15H2,1H3/t20-,21+,26-/m1/s1. The number of halogens is 2. The van der Waals surface area contributed by atoms with Gasteiger partial charge in [0.2, 0.25) is 0 Å². The van der Waals surface area contributed by atoms with Crippen LogP contribution >= 0.6 is 35.0 Å². The molecule has 0 unspecified atom stereocenters. The molecule has 4 heteroatoms. The van der Waals surface area contributed by atoms with Gasteiger partial charge in [0.15, 0.2) is 0 Å². The van der Waals surface area contributed by atoms with Gasteiger partial charge in [0.25, 0.3) is 0 Å². The lowest BCUT2D eigenvalue weighted by Gasteiger charge is -2.38. The molecule has 152 valence electrons. The van der Waals surface area contributed by atoms with Crippen LogP contribution in [0.25, 0.3) is 0 Å². The van der Waals surface area contributed by atoms with Gasteiger partial charge in [-0.2, -0.15) is 0 Å². The highest BCUT2D eigenvalue weighted by Crippen LogP contribution is 2.51. The molecule has 0 amide bonds. The third-order valence-electron chi connectivity index (χ3n) is 6.18. The first kappa shape index (κ1) is 20.1. The molecular formula is C26H23Cl2NS. The Morgan fingerprint density at radius 3 is 2.63 bits per heavy atom. The number of aryl methyl sites for hydroxylation is 1. The zero-order valence-corrected chi connectivity index (χ0v) is 19.1. The van der Waals surface area contributed by atoms with Crippen molar-refractivity contribution in [2.75, 3.05) is 5.32 Å². The smallest absolute Gasteiger partial charge is 0.0595 e. The third-order valence-corrected chi connectivity index (χ3v) is 8.00. The molecule has 0 radical (unpaired) electrons. The molecule has 0 spiro atoms. The number of anilines is 1. The summed E-state index contributed by atoms with van der Waals surface area (Å²) in [7, 11) is 0. The fourth-order valence-corrected chi connectivity index (χ4v) is 5.92. The SMILES string of the molecule is Cc1cc(CSc2ccccc2)cc2c1N[C@H](c1ccc(Cl)c(Cl)c1)[C@H]1CC=C[C@@H]21. The number of hydrogen-bond acceptors (Lipinski definition) is 2. The molecule has 1 aliphatic carbocycles. The number of thioether (sulfide) groups is 1. The van der Waals surface area contributed by atoms with Gasteiger partial charge < -0.3 is 5.32 Å². The van der Waals surface area contributed by atoms with Crippen LogP contribution in [-0.4, -0.2) is 0 Å². The van der Waals surface area contributed by atoms with Gasteiger partial charge in [0, 0.05) is 22.3 Å². The summed E-state index contributed by atoms with van der Waals surface area (Å²) in [6.07, 6.45) is 5.80. The van der Waals surface area contributed by atoms with Gasteiger partial charge in [-0.05, 0) is 65.8 Å². The van der Waals surface area contributed by atoms with Crippen LogP contribution in [0.3, 0.4) is 0 Å². The van der Waals surface area contributed by atoms with E-state index in [1.54, 1.807) is 0 Å². The minimum absolute atomic E-state index is 0.232. The lowest BCUT2D eigenvalue weighted by molar-refractivity contribution is 0.425. The number of hydrogen-bond donors (Lipinski definition) is 1. The van der Waals surface area contributed by atoms with E-state index in [1.165, 1.54) is 32.8 Å². The highest BCUT2D eigenvalue weighted by Gasteiger charge is 2.38. The second-order valence-corrected chi connectivity index (χ2v) is 9.99. The van der Waals surface area contributed by atoms with Gasteiger partial charge >= 0.3 is 0 Å². The van der Waals surface area contributed by atoms with Crippen LogP contribution in [0.2, 0.25) is 10.0 Å². The van der Waals surface area contributed by atoms with Gasteiger partial charge in [-0.15, -0.1) is 11.8 Å². The minimum atomic E-state index is 0.232. The lowest BCUT2D eigenvalue weighted by Crippen LogP contribution is -2.29. The molecule has 0 saturated carbocycles. The molecule has 1 N–H and O–H groups in total. The number of benzene rings is 3. The van der Waals surface area contributed by atoms with E-state index in [-0.39, 0.29) is 6.04 Å². The van der Waals surface area contributed by atoms with Crippen LogP contribution in [0.4, 0.5) is 5.69 Å². The molecule has 1 nitrogen and oxygen atoms in total. The van der Waals surface area contributed by atoms with Crippen LogP contribution in [0.5, 0.6) is 0 Å². The van der Waals surface area contributed by atoms with E-state index in [1.807, 2.05) is 23.9 Å². The fraction of sp³-hybridized carbons (Fsp3) is 0.231. The van der Waals surface area contributed by atoms with Crippen LogP contribution < -0.4 is 5.32 Å². The number of nitrogens with one attached hydrogen (secondary N) is 1. The number of rotatable bonds is 4. The molecule has 2 aliphatic rings. The van der Waals surface area contributed by atoms with Crippen molar-refractivity contribution in [1.29, 1.82) is 0 Å². The highest BCUT2D eigenvalue weighted by molar-refractivity contribution is 7.98. The average molecular weight is 452 g/mol. The van der Waals surface area contributed by atoms with Gasteiger partial charge in [0.1, 0.15) is 0 Å². The largest absolute Gasteiger partial charge is 0.377 e. The second kappa shape index (κ2) is 8.34. The fourth-order valence-electron chi connectivity index (χ4n) is 4.77. The van der Waals surface area contributed by atoms with Gasteiger partial charge in [-0.25, -0.2) is 0 Å². The first-order valence-electron chi connectivity index (χ1n) is 10.3. The molecular weight excluding hydrogens is 429 g/mol. The Morgan fingerprint density at radius 2 is 1.83 bits per heavy atom. The highest BCUT2D eigenvalue weighted by atomic mass is 35.5. The summed E-state index contributed by atoms with van der Waals surface area (Å²) in [5.74, 6) is 1.90. The monoisotopic (exact) mass is 451 g/mol. The quantitative estimate of drug-likeness (QED) is 0.315. The Bertz CT molecular complexity index is 1110. The van der Waals surface area contributed by atoms with Crippen molar-refractivity contribution < 1.29 is 0 Å². The molecule has 30 heavy (non-hydrogen) atoms. The van der Waals surface area contributed by atoms with Crippen molar-refractivity contribution >= 4 is 40.7 Å². The van der Waals surface area contributed by atoms with Crippen molar-refractivity contribution in [2.45, 2.75) is 36.0 Å². The first-order valence-corrected chi connectivity index (χ1v) is 12.0. The Morgan fingerprint density at radius 1 is 1.00 bits per heavy atom. The summed E-state index contributed by atoms with van der Waals surface area (Å²) in [6.45, 7) is 2.22. The second-order valence-electron chi connectivity index (χ2n) is 8.13. The van der Waals surface area contributed by atoms with E-state index in [9.17, 15) is 0 Å². The van der Waals surface area contributed by atoms with Crippen LogP contribution in [0, 0.1) is 12.8 Å². The van der Waals surface area contributed by atoms with Crippen molar-refractivity contribution in [3.05, 3.63) is 105 Å².